The van der Waals surface area contributed by atoms with E-state index in [1.807, 2.05) is 12.1 Å². The van der Waals surface area contributed by atoms with Crippen LogP contribution >= 0.6 is 0 Å². The first-order valence-electron chi connectivity index (χ1n) is 19.5. The van der Waals surface area contributed by atoms with Crippen molar-refractivity contribution in [1.29, 1.82) is 0 Å². The molecule has 1 atom stereocenters. The fourth-order valence-electron chi connectivity index (χ4n) is 8.21. The molecular formula is C54H40N2O. The molecule has 272 valence electrons. The summed E-state index contributed by atoms with van der Waals surface area (Å²) in [6.45, 7) is 4.48. The largest absolute Gasteiger partial charge is 0.456 e. The lowest BCUT2D eigenvalue weighted by molar-refractivity contribution is 0.669. The minimum atomic E-state index is 0.228. The van der Waals surface area contributed by atoms with Crippen LogP contribution in [0, 0.1) is 0 Å². The molecule has 1 aromatic heterocycles. The van der Waals surface area contributed by atoms with Gasteiger partial charge in [0.2, 0.25) is 0 Å². The van der Waals surface area contributed by atoms with Crippen molar-refractivity contribution in [3.05, 3.63) is 241 Å². The van der Waals surface area contributed by atoms with E-state index in [1.165, 1.54) is 28.0 Å². The Balaban J connectivity index is 0.976. The maximum absolute atomic E-state index is 6.11. The zero-order valence-corrected chi connectivity index (χ0v) is 31.5. The van der Waals surface area contributed by atoms with Crippen molar-refractivity contribution >= 4 is 44.7 Å². The summed E-state index contributed by atoms with van der Waals surface area (Å²) in [5.41, 5.74) is 15.7. The van der Waals surface area contributed by atoms with Crippen molar-refractivity contribution in [2.45, 2.75) is 12.3 Å². The van der Waals surface area contributed by atoms with Gasteiger partial charge in [-0.2, -0.15) is 0 Å². The van der Waals surface area contributed by atoms with Crippen molar-refractivity contribution in [3.8, 4) is 22.3 Å². The normalized spacial score (nSPS) is 16.3. The maximum atomic E-state index is 6.11. The van der Waals surface area contributed by atoms with Crippen molar-refractivity contribution < 1.29 is 4.42 Å². The lowest BCUT2D eigenvalue weighted by atomic mass is 9.83. The van der Waals surface area contributed by atoms with Crippen molar-refractivity contribution in [1.82, 2.24) is 0 Å². The predicted molar refractivity (Wildman–Crippen MR) is 239 cm³/mol. The molecule has 0 radical (unpaired) electrons. The van der Waals surface area contributed by atoms with E-state index < -0.39 is 0 Å². The van der Waals surface area contributed by atoms with E-state index in [2.05, 4.69) is 217 Å². The highest BCUT2D eigenvalue weighted by molar-refractivity contribution is 6.06. The molecule has 0 spiro atoms. The average molecular weight is 733 g/mol. The lowest BCUT2D eigenvalue weighted by Crippen LogP contribution is -2.20. The number of benzene rings is 7. The fourth-order valence-corrected chi connectivity index (χ4v) is 8.21. The van der Waals surface area contributed by atoms with E-state index in [4.69, 9.17) is 4.42 Å². The van der Waals surface area contributed by atoms with Gasteiger partial charge in [0.05, 0.1) is 0 Å². The molecule has 2 aliphatic rings. The van der Waals surface area contributed by atoms with Crippen LogP contribution in [0.25, 0.3) is 44.2 Å². The summed E-state index contributed by atoms with van der Waals surface area (Å²) < 4.78 is 6.11. The summed E-state index contributed by atoms with van der Waals surface area (Å²) in [5.74, 6) is 0.228. The van der Waals surface area contributed by atoms with Gasteiger partial charge in [0, 0.05) is 51.3 Å². The molecule has 0 fully saturated rings. The number of hydrogen-bond acceptors (Lipinski definition) is 3. The summed E-state index contributed by atoms with van der Waals surface area (Å²) in [4.78, 5) is 4.61. The number of fused-ring (bicyclic) bond motifs is 3. The number of para-hydroxylation sites is 2. The number of anilines is 4. The monoisotopic (exact) mass is 732 g/mol. The lowest BCUT2D eigenvalue weighted by Gasteiger charge is -2.31. The van der Waals surface area contributed by atoms with Gasteiger partial charge in [-0.15, -0.1) is 0 Å². The highest BCUT2D eigenvalue weighted by Crippen LogP contribution is 2.41. The second-order valence-electron chi connectivity index (χ2n) is 14.7. The standard InChI is InChI=1S/C54H40N2O/c1-38-12-10-11-35-55(45-15-6-3-7-16-45)52-33-25-43(36-50(38)52)41-21-29-47(30-22-41)56(46-27-19-40(20-28-46)39-13-4-2-5-14-39)48-31-23-42(24-32-48)44-26-34-54-51(37-44)49-17-8-9-18-53(49)57-54/h2-35,37,43H,1,36H2/b12-10-,35-11-. The highest BCUT2D eigenvalue weighted by Gasteiger charge is 2.24. The summed E-state index contributed by atoms with van der Waals surface area (Å²) in [7, 11) is 0. The minimum absolute atomic E-state index is 0.228. The molecule has 1 aliphatic heterocycles. The topological polar surface area (TPSA) is 19.6 Å². The third kappa shape index (κ3) is 6.60. The molecule has 0 bridgehead atoms. The molecule has 10 rings (SSSR count). The zero-order chi connectivity index (χ0) is 38.1. The van der Waals surface area contributed by atoms with Gasteiger partial charge in [-0.05, 0) is 124 Å². The van der Waals surface area contributed by atoms with E-state index in [9.17, 15) is 0 Å². The van der Waals surface area contributed by atoms with Gasteiger partial charge in [0.15, 0.2) is 0 Å². The zero-order valence-electron chi connectivity index (χ0n) is 31.5. The summed E-state index contributed by atoms with van der Waals surface area (Å²) in [6, 6.07) is 62.7. The Labute approximate surface area is 333 Å². The number of hydrogen-bond donors (Lipinski definition) is 0. The van der Waals surface area contributed by atoms with Crippen LogP contribution in [0.3, 0.4) is 0 Å². The van der Waals surface area contributed by atoms with E-state index in [0.29, 0.717) is 0 Å². The van der Waals surface area contributed by atoms with Crippen LogP contribution in [0.15, 0.2) is 240 Å². The van der Waals surface area contributed by atoms with Crippen molar-refractivity contribution in [2.75, 3.05) is 9.80 Å². The number of nitrogens with zero attached hydrogens (tertiary/aromatic N) is 2. The first-order valence-corrected chi connectivity index (χ1v) is 19.5. The second kappa shape index (κ2) is 14.7. The number of rotatable bonds is 7. The van der Waals surface area contributed by atoms with Gasteiger partial charge in [-0.1, -0.05) is 134 Å². The van der Waals surface area contributed by atoms with Gasteiger partial charge in [-0.3, -0.25) is 0 Å². The van der Waals surface area contributed by atoms with Gasteiger partial charge < -0.3 is 14.2 Å². The molecule has 0 saturated heterocycles. The number of furan rings is 1. The molecule has 7 aromatic carbocycles. The maximum Gasteiger partial charge on any atom is 0.135 e. The second-order valence-corrected chi connectivity index (χ2v) is 14.7. The summed E-state index contributed by atoms with van der Waals surface area (Å²) in [5, 5.41) is 2.27. The van der Waals surface area contributed by atoms with Crippen LogP contribution in [0.5, 0.6) is 0 Å². The molecule has 1 aliphatic carbocycles. The molecule has 2 heterocycles. The van der Waals surface area contributed by atoms with E-state index in [-0.39, 0.29) is 5.92 Å². The summed E-state index contributed by atoms with van der Waals surface area (Å²) in [6.07, 6.45) is 13.9. The smallest absolute Gasteiger partial charge is 0.135 e. The first-order chi connectivity index (χ1) is 28.2. The quantitative estimate of drug-likeness (QED) is 0.163. The van der Waals surface area contributed by atoms with E-state index >= 15 is 0 Å². The molecule has 1 unspecified atom stereocenters. The molecule has 0 N–H and O–H groups in total. The Hall–Kier alpha value is -7.36. The Morgan fingerprint density at radius 1 is 0.526 bits per heavy atom. The third-order valence-electron chi connectivity index (χ3n) is 11.2. The van der Waals surface area contributed by atoms with Crippen molar-refractivity contribution in [2.24, 2.45) is 0 Å². The van der Waals surface area contributed by atoms with Crippen molar-refractivity contribution in [3.63, 3.8) is 0 Å². The molecule has 3 heteroatoms. The van der Waals surface area contributed by atoms with Crippen LogP contribution in [0.1, 0.15) is 17.9 Å². The number of allylic oxidation sites excluding steroid dienone is 7. The van der Waals surface area contributed by atoms with Gasteiger partial charge >= 0.3 is 0 Å². The van der Waals surface area contributed by atoms with E-state index in [0.717, 1.165) is 67.8 Å². The fraction of sp³-hybridized carbons (Fsp3) is 0.0370. The van der Waals surface area contributed by atoms with Crippen LogP contribution in [0.4, 0.5) is 22.7 Å². The predicted octanol–water partition coefficient (Wildman–Crippen LogP) is 14.8. The summed E-state index contributed by atoms with van der Waals surface area (Å²) >= 11 is 0. The SMILES string of the molecule is C=C1/C=C\C=C/N(c2ccccc2)C2=C1CC(c1ccc(N(c3ccc(-c4ccccc4)cc3)c3ccc(-c4ccc5oc6ccccc6c5c4)cc3)cc1)C=C2. The molecule has 57 heavy (non-hydrogen) atoms. The third-order valence-corrected chi connectivity index (χ3v) is 11.2. The van der Waals surface area contributed by atoms with Crippen LogP contribution in [-0.2, 0) is 0 Å². The minimum Gasteiger partial charge on any atom is -0.456 e. The first kappa shape index (κ1) is 34.2. The van der Waals surface area contributed by atoms with Gasteiger partial charge in [-0.25, -0.2) is 0 Å². The highest BCUT2D eigenvalue weighted by atomic mass is 16.3. The average Bonchev–Trinajstić information content (AvgIpc) is 3.65. The Morgan fingerprint density at radius 3 is 1.82 bits per heavy atom. The molecule has 0 saturated carbocycles. The van der Waals surface area contributed by atoms with Crippen LogP contribution < -0.4 is 9.80 Å². The Kier molecular flexibility index (Phi) is 8.81. The van der Waals surface area contributed by atoms with Gasteiger partial charge in [0.25, 0.3) is 0 Å². The van der Waals surface area contributed by atoms with Crippen LogP contribution in [-0.4, -0.2) is 0 Å². The van der Waals surface area contributed by atoms with Gasteiger partial charge in [0.1, 0.15) is 11.2 Å². The molecule has 8 aromatic rings. The molecule has 0 amide bonds. The van der Waals surface area contributed by atoms with E-state index in [1.54, 1.807) is 0 Å². The molecular weight excluding hydrogens is 693 g/mol. The molecule has 3 nitrogen and oxygen atoms in total. The van der Waals surface area contributed by atoms with Crippen LogP contribution in [0.2, 0.25) is 0 Å². The Morgan fingerprint density at radius 2 is 1.11 bits per heavy atom. The Bertz CT molecular complexity index is 2860.